The van der Waals surface area contributed by atoms with Crippen LogP contribution in [0.25, 0.3) is 0 Å². The zero-order valence-corrected chi connectivity index (χ0v) is 27.0. The summed E-state index contributed by atoms with van der Waals surface area (Å²) in [7, 11) is 4.72. The molecule has 2 N–H and O–H groups in total. The minimum atomic E-state index is -1.26. The maximum Gasteiger partial charge on any atom is 0.425 e. The van der Waals surface area contributed by atoms with E-state index in [9.17, 15) is 19.5 Å². The van der Waals surface area contributed by atoms with E-state index in [4.69, 9.17) is 14.2 Å². The largest absolute Gasteiger partial charge is 0.497 e. The van der Waals surface area contributed by atoms with Crippen molar-refractivity contribution in [2.45, 2.75) is 13.8 Å². The van der Waals surface area contributed by atoms with Gasteiger partial charge in [-0.25, -0.2) is 19.5 Å². The number of carboxylic acids is 1. The van der Waals surface area contributed by atoms with Gasteiger partial charge in [0.2, 0.25) is 5.95 Å². The molecule has 0 aliphatic rings. The average molecular weight is 643 g/mol. The van der Waals surface area contributed by atoms with E-state index in [0.29, 0.717) is 23.5 Å². The minimum absolute atomic E-state index is 0.0889. The van der Waals surface area contributed by atoms with E-state index in [1.54, 1.807) is 60.5 Å². The van der Waals surface area contributed by atoms with Crippen molar-refractivity contribution in [3.05, 3.63) is 90.1 Å². The monoisotopic (exact) mass is 642 g/mol. The Labute approximate surface area is 273 Å². The third kappa shape index (κ3) is 8.52. The third-order valence-corrected chi connectivity index (χ3v) is 7.38. The van der Waals surface area contributed by atoms with Crippen LogP contribution in [0.5, 0.6) is 17.2 Å². The molecule has 3 aromatic carbocycles. The van der Waals surface area contributed by atoms with Crippen molar-refractivity contribution in [2.75, 3.05) is 57.7 Å². The minimum Gasteiger partial charge on any atom is -0.497 e. The zero-order valence-electron chi connectivity index (χ0n) is 27.0. The molecule has 13 heteroatoms. The summed E-state index contributed by atoms with van der Waals surface area (Å²) in [6, 6.07) is 19.0. The lowest BCUT2D eigenvalue weighted by Crippen LogP contribution is -2.36. The van der Waals surface area contributed by atoms with E-state index in [2.05, 4.69) is 34.0 Å². The first kappa shape index (κ1) is 34.2. The molecule has 0 saturated carbocycles. The van der Waals surface area contributed by atoms with Crippen molar-refractivity contribution >= 4 is 41.1 Å². The Morgan fingerprint density at radius 2 is 1.60 bits per heavy atom. The number of hydrogen-bond acceptors (Lipinski definition) is 10. The number of nitrogens with one attached hydrogen (secondary N) is 1. The maximum atomic E-state index is 13.8. The van der Waals surface area contributed by atoms with E-state index in [0.717, 1.165) is 24.5 Å². The molecular weight excluding hydrogens is 604 g/mol. The Morgan fingerprint density at radius 3 is 2.26 bits per heavy atom. The standard InChI is InChI=1S/C34H38N6O7/c1-6-39(7-2)21-20-38(3)31(41)23-12-14-24(15-13-23)36-33-35-19-18-30(37-33)40(27-17-16-25(45-4)22-29(27)46-5)34(44)47-28-11-9-8-10-26(28)32(42)43/h8-19,22H,6-7,20-21H2,1-5H3,(H,42,43)(H,35,36,37). The highest BCUT2D eigenvalue weighted by molar-refractivity contribution is 5.99. The molecule has 47 heavy (non-hydrogen) atoms. The van der Waals surface area contributed by atoms with Crippen molar-refractivity contribution in [1.82, 2.24) is 19.8 Å². The van der Waals surface area contributed by atoms with Crippen molar-refractivity contribution in [3.63, 3.8) is 0 Å². The van der Waals surface area contributed by atoms with E-state index >= 15 is 0 Å². The number of hydrogen-bond donors (Lipinski definition) is 2. The smallest absolute Gasteiger partial charge is 0.425 e. The van der Waals surface area contributed by atoms with Crippen molar-refractivity contribution in [3.8, 4) is 17.2 Å². The summed E-state index contributed by atoms with van der Waals surface area (Å²) in [5.74, 6) is -0.494. The van der Waals surface area contributed by atoms with Crippen LogP contribution in [0.2, 0.25) is 0 Å². The molecule has 246 valence electrons. The number of ether oxygens (including phenoxy) is 3. The van der Waals surface area contributed by atoms with Gasteiger partial charge in [0.1, 0.15) is 28.6 Å². The molecule has 0 atom stereocenters. The number of carboxylic acid groups (broad SMARTS) is 1. The Kier molecular flexibility index (Phi) is 11.7. The van der Waals surface area contributed by atoms with Gasteiger partial charge in [-0.2, -0.15) is 4.98 Å². The number of anilines is 4. The summed E-state index contributed by atoms with van der Waals surface area (Å²) in [4.78, 5) is 52.4. The van der Waals surface area contributed by atoms with Gasteiger partial charge in [0, 0.05) is 49.7 Å². The molecule has 0 fully saturated rings. The van der Waals surface area contributed by atoms with Crippen molar-refractivity contribution in [1.29, 1.82) is 0 Å². The Bertz CT molecular complexity index is 1690. The molecule has 0 aliphatic carbocycles. The van der Waals surface area contributed by atoms with Crippen LogP contribution in [0.1, 0.15) is 34.6 Å². The van der Waals surface area contributed by atoms with Crippen molar-refractivity contribution < 1.29 is 33.7 Å². The summed E-state index contributed by atoms with van der Waals surface area (Å²) >= 11 is 0. The first-order valence-electron chi connectivity index (χ1n) is 14.9. The number of likely N-dealkylation sites (N-methyl/N-ethyl adjacent to an activating group) is 2. The number of benzene rings is 3. The van der Waals surface area contributed by atoms with Crippen LogP contribution in [0.15, 0.2) is 79.0 Å². The third-order valence-electron chi connectivity index (χ3n) is 7.38. The Morgan fingerprint density at radius 1 is 0.872 bits per heavy atom. The highest BCUT2D eigenvalue weighted by Gasteiger charge is 2.27. The van der Waals surface area contributed by atoms with Crippen LogP contribution in [-0.2, 0) is 0 Å². The van der Waals surface area contributed by atoms with Gasteiger partial charge in [-0.15, -0.1) is 0 Å². The molecule has 1 aromatic heterocycles. The number of aromatic carboxylic acids is 1. The topological polar surface area (TPSA) is 147 Å². The molecule has 0 saturated heterocycles. The molecule has 4 rings (SSSR count). The molecule has 4 aromatic rings. The van der Waals surface area contributed by atoms with Gasteiger partial charge in [0.15, 0.2) is 0 Å². The molecule has 0 bridgehead atoms. The number of para-hydroxylation sites is 1. The Hall–Kier alpha value is -5.69. The first-order valence-corrected chi connectivity index (χ1v) is 14.9. The van der Waals surface area contributed by atoms with Crippen LogP contribution in [0.3, 0.4) is 0 Å². The molecule has 0 aliphatic heterocycles. The number of nitrogens with zero attached hydrogens (tertiary/aromatic N) is 5. The molecular formula is C34H38N6O7. The zero-order chi connectivity index (χ0) is 33.9. The average Bonchev–Trinajstić information content (AvgIpc) is 3.09. The van der Waals surface area contributed by atoms with Gasteiger partial charge in [0.25, 0.3) is 5.91 Å². The van der Waals surface area contributed by atoms with Gasteiger partial charge in [-0.3, -0.25) is 4.79 Å². The SMILES string of the molecule is CCN(CC)CCN(C)C(=O)c1ccc(Nc2nccc(N(C(=O)Oc3ccccc3C(=O)O)c3ccc(OC)cc3OC)n2)cc1. The van der Waals surface area contributed by atoms with Gasteiger partial charge >= 0.3 is 12.1 Å². The lowest BCUT2D eigenvalue weighted by molar-refractivity contribution is 0.0693. The van der Waals surface area contributed by atoms with Crippen LogP contribution < -0.4 is 24.4 Å². The molecule has 0 unspecified atom stereocenters. The normalized spacial score (nSPS) is 10.7. The van der Waals surface area contributed by atoms with Crippen LogP contribution in [-0.4, -0.2) is 90.3 Å². The first-order chi connectivity index (χ1) is 22.7. The second kappa shape index (κ2) is 16.0. The number of amides is 2. The molecule has 13 nitrogen and oxygen atoms in total. The second-order valence-corrected chi connectivity index (χ2v) is 10.2. The van der Waals surface area contributed by atoms with Gasteiger partial charge in [0.05, 0.1) is 19.9 Å². The highest BCUT2D eigenvalue weighted by atomic mass is 16.6. The predicted molar refractivity (Wildman–Crippen MR) is 178 cm³/mol. The number of carbonyl (C=O) groups excluding carboxylic acids is 2. The fourth-order valence-corrected chi connectivity index (χ4v) is 4.67. The summed E-state index contributed by atoms with van der Waals surface area (Å²) in [6.45, 7) is 7.44. The number of carbonyl (C=O) groups is 3. The molecule has 0 radical (unpaired) electrons. The number of aromatic nitrogens is 2. The summed E-state index contributed by atoms with van der Waals surface area (Å²) < 4.78 is 16.4. The highest BCUT2D eigenvalue weighted by Crippen LogP contribution is 2.37. The van der Waals surface area contributed by atoms with E-state index < -0.39 is 12.1 Å². The fraction of sp³-hybridized carbons (Fsp3) is 0.265. The predicted octanol–water partition coefficient (Wildman–Crippen LogP) is 5.69. The lowest BCUT2D eigenvalue weighted by atomic mass is 10.2. The number of methoxy groups -OCH3 is 2. The van der Waals surface area contributed by atoms with E-state index in [1.165, 1.54) is 44.7 Å². The molecule has 0 spiro atoms. The second-order valence-electron chi connectivity index (χ2n) is 10.2. The number of rotatable bonds is 14. The summed E-state index contributed by atoms with van der Waals surface area (Å²) in [5, 5.41) is 12.7. The Balaban J connectivity index is 1.61. The summed E-state index contributed by atoms with van der Waals surface area (Å²) in [5.41, 5.74) is 1.21. The van der Waals surface area contributed by atoms with Gasteiger partial charge in [-0.1, -0.05) is 26.0 Å². The van der Waals surface area contributed by atoms with Crippen LogP contribution in [0, 0.1) is 0 Å². The van der Waals surface area contributed by atoms with Crippen LogP contribution >= 0.6 is 0 Å². The van der Waals surface area contributed by atoms with Gasteiger partial charge in [-0.05, 0) is 61.6 Å². The van der Waals surface area contributed by atoms with Crippen molar-refractivity contribution in [2.24, 2.45) is 0 Å². The molecule has 2 amide bonds. The van der Waals surface area contributed by atoms with E-state index in [-0.39, 0.29) is 40.4 Å². The van der Waals surface area contributed by atoms with E-state index in [1.807, 2.05) is 0 Å². The fourth-order valence-electron chi connectivity index (χ4n) is 4.67. The van der Waals surface area contributed by atoms with Gasteiger partial charge < -0.3 is 34.4 Å². The summed E-state index contributed by atoms with van der Waals surface area (Å²) in [6.07, 6.45) is 0.509. The quantitative estimate of drug-likeness (QED) is 0.175. The molecule has 1 heterocycles. The van der Waals surface area contributed by atoms with Crippen LogP contribution in [0.4, 0.5) is 27.9 Å². The maximum absolute atomic E-state index is 13.8. The lowest BCUT2D eigenvalue weighted by Gasteiger charge is -2.24.